The van der Waals surface area contributed by atoms with Crippen molar-refractivity contribution in [1.29, 1.82) is 0 Å². The van der Waals surface area contributed by atoms with Gasteiger partial charge in [-0.3, -0.25) is 0 Å². The molecular formula is C24H15ClOSi. The Labute approximate surface area is 163 Å². The lowest BCUT2D eigenvalue weighted by Crippen LogP contribution is -2.74. The average molecular weight is 383 g/mol. The zero-order chi connectivity index (χ0) is 18.0. The summed E-state index contributed by atoms with van der Waals surface area (Å²) in [5.74, 6) is 1.89. The Morgan fingerprint density at radius 1 is 0.556 bits per heavy atom. The molecule has 2 aliphatic rings. The fraction of sp³-hybridized carbons (Fsp3) is 0. The number of para-hydroxylation sites is 1. The summed E-state index contributed by atoms with van der Waals surface area (Å²) in [6.45, 7) is 0. The van der Waals surface area contributed by atoms with Gasteiger partial charge in [-0.2, -0.15) is 0 Å². The molecular weight excluding hydrogens is 368 g/mol. The third-order valence-electron chi connectivity index (χ3n) is 5.81. The van der Waals surface area contributed by atoms with Gasteiger partial charge >= 0.3 is 0 Å². The van der Waals surface area contributed by atoms with Crippen LogP contribution in [0.1, 0.15) is 0 Å². The number of benzene rings is 4. The number of ether oxygens (including phenoxy) is 1. The molecule has 0 atom stereocenters. The Hall–Kier alpha value is -2.81. The molecule has 1 spiro atoms. The monoisotopic (exact) mass is 382 g/mol. The van der Waals surface area contributed by atoms with Crippen LogP contribution >= 0.6 is 11.6 Å². The molecule has 128 valence electrons. The van der Waals surface area contributed by atoms with Gasteiger partial charge in [-0.25, -0.2) is 0 Å². The van der Waals surface area contributed by atoms with E-state index in [4.69, 9.17) is 16.3 Å². The SMILES string of the molecule is Clc1ccc2c(c1)[Si]1(c3ccccc3O2)c2ccccc2-c2ccccc21. The molecule has 3 heteroatoms. The highest BCUT2D eigenvalue weighted by Crippen LogP contribution is 2.36. The van der Waals surface area contributed by atoms with Gasteiger partial charge in [-0.15, -0.1) is 0 Å². The minimum atomic E-state index is -2.44. The zero-order valence-corrected chi connectivity index (χ0v) is 16.2. The first-order valence-electron chi connectivity index (χ1n) is 9.07. The van der Waals surface area contributed by atoms with E-state index in [2.05, 4.69) is 78.9 Å². The van der Waals surface area contributed by atoms with Crippen molar-refractivity contribution in [3.05, 3.63) is 96.0 Å². The Balaban J connectivity index is 1.86. The van der Waals surface area contributed by atoms with Crippen LogP contribution in [0.5, 0.6) is 11.5 Å². The Morgan fingerprint density at radius 3 is 1.81 bits per heavy atom. The second-order valence-corrected chi connectivity index (χ2v) is 11.2. The van der Waals surface area contributed by atoms with Crippen molar-refractivity contribution in [2.75, 3.05) is 0 Å². The highest BCUT2D eigenvalue weighted by Gasteiger charge is 2.53. The highest BCUT2D eigenvalue weighted by atomic mass is 35.5. The van der Waals surface area contributed by atoms with Gasteiger partial charge in [-0.05, 0) is 56.1 Å². The number of hydrogen-bond donors (Lipinski definition) is 0. The van der Waals surface area contributed by atoms with Gasteiger partial charge in [0.25, 0.3) is 0 Å². The molecule has 0 amide bonds. The first-order chi connectivity index (χ1) is 13.3. The predicted octanol–water partition coefficient (Wildman–Crippen LogP) is 3.80. The second-order valence-electron chi connectivity index (χ2n) is 7.08. The Kier molecular flexibility index (Phi) is 3.02. The van der Waals surface area contributed by atoms with Crippen molar-refractivity contribution in [1.82, 2.24) is 0 Å². The van der Waals surface area contributed by atoms with Crippen LogP contribution in [-0.4, -0.2) is 8.07 Å². The van der Waals surface area contributed by atoms with Crippen molar-refractivity contribution in [3.63, 3.8) is 0 Å². The topological polar surface area (TPSA) is 9.23 Å². The molecule has 2 heterocycles. The Bertz CT molecular complexity index is 1180. The van der Waals surface area contributed by atoms with E-state index in [9.17, 15) is 0 Å². The second kappa shape index (κ2) is 5.35. The lowest BCUT2D eigenvalue weighted by molar-refractivity contribution is 0.487. The van der Waals surface area contributed by atoms with E-state index in [1.807, 2.05) is 12.1 Å². The molecule has 6 rings (SSSR count). The van der Waals surface area contributed by atoms with Crippen LogP contribution in [0.3, 0.4) is 0 Å². The molecule has 0 aromatic heterocycles. The van der Waals surface area contributed by atoms with Gasteiger partial charge in [0.1, 0.15) is 11.5 Å². The summed E-state index contributed by atoms with van der Waals surface area (Å²) in [6, 6.07) is 32.2. The molecule has 4 aromatic carbocycles. The molecule has 0 saturated heterocycles. The Morgan fingerprint density at radius 2 is 1.11 bits per heavy atom. The third-order valence-corrected chi connectivity index (χ3v) is 11.0. The van der Waals surface area contributed by atoms with Crippen LogP contribution in [-0.2, 0) is 0 Å². The number of rotatable bonds is 0. The molecule has 0 radical (unpaired) electrons. The summed E-state index contributed by atoms with van der Waals surface area (Å²) in [5, 5.41) is 6.14. The number of hydrogen-bond acceptors (Lipinski definition) is 1. The van der Waals surface area contributed by atoms with Crippen LogP contribution < -0.4 is 25.5 Å². The zero-order valence-electron chi connectivity index (χ0n) is 14.4. The molecule has 0 fully saturated rings. The molecule has 0 saturated carbocycles. The van der Waals surface area contributed by atoms with E-state index < -0.39 is 8.07 Å². The standard InChI is InChI=1S/C24H15ClOSi/c25-16-13-14-20-24(15-16)27(23-12-6-3-9-19(23)26-20)21-10-4-1-7-17(21)18-8-2-5-11-22(18)27/h1-15H. The van der Waals surface area contributed by atoms with E-state index >= 15 is 0 Å². The van der Waals surface area contributed by atoms with Crippen molar-refractivity contribution < 1.29 is 4.74 Å². The van der Waals surface area contributed by atoms with E-state index in [0.29, 0.717) is 0 Å². The molecule has 0 aliphatic carbocycles. The van der Waals surface area contributed by atoms with E-state index in [1.54, 1.807) is 0 Å². The van der Waals surface area contributed by atoms with E-state index in [0.717, 1.165) is 16.5 Å². The van der Waals surface area contributed by atoms with Crippen LogP contribution in [0, 0.1) is 0 Å². The summed E-state index contributed by atoms with van der Waals surface area (Å²) in [7, 11) is -2.44. The van der Waals surface area contributed by atoms with Crippen LogP contribution in [0.2, 0.25) is 5.02 Å². The maximum absolute atomic E-state index is 6.49. The highest BCUT2D eigenvalue weighted by molar-refractivity contribution is 7.23. The lowest BCUT2D eigenvalue weighted by Gasteiger charge is -2.37. The van der Waals surface area contributed by atoms with Crippen molar-refractivity contribution in [2.24, 2.45) is 0 Å². The van der Waals surface area contributed by atoms with Gasteiger partial charge in [0.05, 0.1) is 0 Å². The minimum absolute atomic E-state index is 0.755. The van der Waals surface area contributed by atoms with Gasteiger partial charge in [0.2, 0.25) is 0 Å². The number of halogens is 1. The molecule has 2 aliphatic heterocycles. The lowest BCUT2D eigenvalue weighted by atomic mass is 10.1. The first kappa shape index (κ1) is 15.3. The van der Waals surface area contributed by atoms with Crippen molar-refractivity contribution >= 4 is 40.4 Å². The molecule has 0 unspecified atom stereocenters. The molecule has 0 N–H and O–H groups in total. The molecule has 27 heavy (non-hydrogen) atoms. The summed E-state index contributed by atoms with van der Waals surface area (Å²) in [6.07, 6.45) is 0. The smallest absolute Gasteiger partial charge is 0.189 e. The quantitative estimate of drug-likeness (QED) is 0.363. The van der Waals surface area contributed by atoms with Crippen LogP contribution in [0.25, 0.3) is 11.1 Å². The summed E-state index contributed by atoms with van der Waals surface area (Å²) < 4.78 is 6.33. The molecule has 1 nitrogen and oxygen atoms in total. The normalized spacial score (nSPS) is 14.7. The van der Waals surface area contributed by atoms with Crippen LogP contribution in [0.15, 0.2) is 91.0 Å². The van der Waals surface area contributed by atoms with Gasteiger partial charge in [-0.1, -0.05) is 78.3 Å². The van der Waals surface area contributed by atoms with Gasteiger partial charge < -0.3 is 4.74 Å². The van der Waals surface area contributed by atoms with E-state index in [-0.39, 0.29) is 0 Å². The largest absolute Gasteiger partial charge is 0.458 e. The fourth-order valence-electron chi connectivity index (χ4n) is 4.83. The number of fused-ring (bicyclic) bond motifs is 9. The minimum Gasteiger partial charge on any atom is -0.458 e. The maximum atomic E-state index is 6.49. The average Bonchev–Trinajstić information content (AvgIpc) is 3.01. The van der Waals surface area contributed by atoms with Gasteiger partial charge in [0.15, 0.2) is 8.07 Å². The third kappa shape index (κ3) is 1.84. The van der Waals surface area contributed by atoms with E-state index in [1.165, 1.54) is 31.9 Å². The van der Waals surface area contributed by atoms with Gasteiger partial charge in [0, 0.05) is 5.02 Å². The van der Waals surface area contributed by atoms with Crippen molar-refractivity contribution in [2.45, 2.75) is 0 Å². The summed E-state index contributed by atoms with van der Waals surface area (Å²) >= 11 is 6.49. The predicted molar refractivity (Wildman–Crippen MR) is 114 cm³/mol. The van der Waals surface area contributed by atoms with Crippen LogP contribution in [0.4, 0.5) is 0 Å². The molecule has 4 aromatic rings. The van der Waals surface area contributed by atoms with Crippen molar-refractivity contribution in [3.8, 4) is 22.6 Å². The molecule has 0 bridgehead atoms. The first-order valence-corrected chi connectivity index (χ1v) is 11.4. The summed E-state index contributed by atoms with van der Waals surface area (Å²) in [5.41, 5.74) is 2.67. The maximum Gasteiger partial charge on any atom is 0.189 e. The fourth-order valence-corrected chi connectivity index (χ4v) is 10.5. The summed E-state index contributed by atoms with van der Waals surface area (Å²) in [4.78, 5) is 0.